The van der Waals surface area contributed by atoms with Gasteiger partial charge in [-0.05, 0) is 39.4 Å². The van der Waals surface area contributed by atoms with Crippen LogP contribution >= 0.6 is 11.8 Å². The predicted octanol–water partition coefficient (Wildman–Crippen LogP) is 1.81. The van der Waals surface area contributed by atoms with Gasteiger partial charge in [-0.1, -0.05) is 6.92 Å². The van der Waals surface area contributed by atoms with Gasteiger partial charge in [-0.15, -0.1) is 0 Å². The van der Waals surface area contributed by atoms with Crippen LogP contribution in [-0.2, 0) is 9.53 Å². The monoisotopic (exact) mass is 277 g/mol. The maximum atomic E-state index is 11.8. The van der Waals surface area contributed by atoms with Gasteiger partial charge in [0.2, 0.25) is 0 Å². The first kappa shape index (κ1) is 17.7. The normalized spacial score (nSPS) is 16.4. The number of nitrogens with one attached hydrogen (secondary N) is 1. The van der Waals surface area contributed by atoms with Crippen molar-refractivity contribution in [3.8, 4) is 0 Å². The molecular formula is C13H27NO3S. The van der Waals surface area contributed by atoms with Crippen molar-refractivity contribution in [1.29, 1.82) is 0 Å². The van der Waals surface area contributed by atoms with Crippen molar-refractivity contribution >= 4 is 17.7 Å². The van der Waals surface area contributed by atoms with Crippen LogP contribution in [0.25, 0.3) is 0 Å². The maximum absolute atomic E-state index is 11.8. The molecule has 5 heteroatoms. The number of thioether (sulfide) groups is 1. The van der Waals surface area contributed by atoms with Gasteiger partial charge in [0.1, 0.15) is 5.54 Å². The number of hydrogen-bond donors (Lipinski definition) is 2. The minimum atomic E-state index is -0.619. The minimum absolute atomic E-state index is 0.198. The van der Waals surface area contributed by atoms with Crippen molar-refractivity contribution in [1.82, 2.24) is 5.32 Å². The first-order valence-corrected chi connectivity index (χ1v) is 7.49. The van der Waals surface area contributed by atoms with E-state index in [-0.39, 0.29) is 23.9 Å². The van der Waals surface area contributed by atoms with E-state index in [1.54, 1.807) is 11.8 Å². The molecule has 18 heavy (non-hydrogen) atoms. The Kier molecular flexibility index (Phi) is 8.65. The molecule has 0 aliphatic heterocycles. The molecule has 2 N–H and O–H groups in total. The van der Waals surface area contributed by atoms with Crippen LogP contribution in [0.15, 0.2) is 0 Å². The molecule has 0 aliphatic rings. The summed E-state index contributed by atoms with van der Waals surface area (Å²) in [6, 6.07) is 0.234. The molecule has 0 aromatic heterocycles. The lowest BCUT2D eigenvalue weighted by molar-refractivity contribution is -0.148. The van der Waals surface area contributed by atoms with Crippen LogP contribution < -0.4 is 5.32 Å². The number of aliphatic hydroxyl groups is 1. The SMILES string of the molecule is COC(=O)C(C)(CCCSC(C)CO)NC(C)C. The summed E-state index contributed by atoms with van der Waals surface area (Å²) >= 11 is 1.73. The Morgan fingerprint density at radius 3 is 2.50 bits per heavy atom. The van der Waals surface area contributed by atoms with Crippen molar-refractivity contribution in [2.75, 3.05) is 19.5 Å². The van der Waals surface area contributed by atoms with Gasteiger partial charge in [0.25, 0.3) is 0 Å². The number of rotatable bonds is 9. The smallest absolute Gasteiger partial charge is 0.325 e. The summed E-state index contributed by atoms with van der Waals surface area (Å²) in [4.78, 5) is 11.8. The van der Waals surface area contributed by atoms with Gasteiger partial charge in [-0.2, -0.15) is 11.8 Å². The Labute approximate surface area is 115 Å². The Bertz CT molecular complexity index is 248. The molecule has 0 bridgehead atoms. The second-order valence-corrected chi connectivity index (χ2v) is 6.64. The van der Waals surface area contributed by atoms with Crippen molar-refractivity contribution in [3.63, 3.8) is 0 Å². The average Bonchev–Trinajstić information content (AvgIpc) is 2.32. The number of carbonyl (C=O) groups excluding carboxylic acids is 1. The van der Waals surface area contributed by atoms with Crippen molar-refractivity contribution in [2.24, 2.45) is 0 Å². The fraction of sp³-hybridized carbons (Fsp3) is 0.923. The van der Waals surface area contributed by atoms with Gasteiger partial charge in [-0.3, -0.25) is 10.1 Å². The van der Waals surface area contributed by atoms with Gasteiger partial charge < -0.3 is 9.84 Å². The molecule has 0 rings (SSSR count). The Morgan fingerprint density at radius 2 is 2.06 bits per heavy atom. The molecule has 0 heterocycles. The number of methoxy groups -OCH3 is 1. The molecule has 2 unspecified atom stereocenters. The lowest BCUT2D eigenvalue weighted by Gasteiger charge is -2.30. The second-order valence-electron chi connectivity index (χ2n) is 5.09. The van der Waals surface area contributed by atoms with E-state index in [4.69, 9.17) is 9.84 Å². The molecule has 0 aromatic carbocycles. The zero-order valence-corrected chi connectivity index (χ0v) is 13.0. The van der Waals surface area contributed by atoms with E-state index in [9.17, 15) is 4.79 Å². The Morgan fingerprint density at radius 1 is 1.44 bits per heavy atom. The number of carbonyl (C=O) groups is 1. The first-order valence-electron chi connectivity index (χ1n) is 6.44. The van der Waals surface area contributed by atoms with Gasteiger partial charge in [0.05, 0.1) is 13.7 Å². The van der Waals surface area contributed by atoms with E-state index in [2.05, 4.69) is 5.32 Å². The molecule has 108 valence electrons. The van der Waals surface area contributed by atoms with E-state index in [0.29, 0.717) is 0 Å². The zero-order chi connectivity index (χ0) is 14.2. The van der Waals surface area contributed by atoms with Crippen LogP contribution in [0.1, 0.15) is 40.5 Å². The molecule has 0 saturated heterocycles. The topological polar surface area (TPSA) is 58.6 Å². The lowest BCUT2D eigenvalue weighted by atomic mass is 9.95. The van der Waals surface area contributed by atoms with Gasteiger partial charge in [-0.25, -0.2) is 0 Å². The summed E-state index contributed by atoms with van der Waals surface area (Å²) in [5.74, 6) is 0.727. The summed E-state index contributed by atoms with van der Waals surface area (Å²) < 4.78 is 4.87. The minimum Gasteiger partial charge on any atom is -0.468 e. The summed E-state index contributed by atoms with van der Waals surface area (Å²) in [6.07, 6.45) is 1.66. The molecule has 0 fully saturated rings. The second kappa shape index (κ2) is 8.77. The van der Waals surface area contributed by atoms with Crippen LogP contribution in [0, 0.1) is 0 Å². The van der Waals surface area contributed by atoms with E-state index < -0.39 is 5.54 Å². The summed E-state index contributed by atoms with van der Waals surface area (Å²) in [5, 5.41) is 12.5. The van der Waals surface area contributed by atoms with Crippen LogP contribution in [0.4, 0.5) is 0 Å². The molecular weight excluding hydrogens is 250 g/mol. The Balaban J connectivity index is 4.21. The molecule has 4 nitrogen and oxygen atoms in total. The molecule has 2 atom stereocenters. The fourth-order valence-corrected chi connectivity index (χ4v) is 2.68. The largest absolute Gasteiger partial charge is 0.468 e. The van der Waals surface area contributed by atoms with Crippen LogP contribution in [0.3, 0.4) is 0 Å². The summed E-state index contributed by atoms with van der Waals surface area (Å²) in [5.41, 5.74) is -0.619. The first-order chi connectivity index (χ1) is 8.35. The van der Waals surface area contributed by atoms with Gasteiger partial charge >= 0.3 is 5.97 Å². The standard InChI is InChI=1S/C13H27NO3S/c1-10(2)14-13(4,12(16)17-5)7-6-8-18-11(3)9-15/h10-11,14-15H,6-9H2,1-5H3. The lowest BCUT2D eigenvalue weighted by Crippen LogP contribution is -2.53. The van der Waals surface area contributed by atoms with Crippen molar-refractivity contribution < 1.29 is 14.6 Å². The van der Waals surface area contributed by atoms with E-state index in [1.807, 2.05) is 27.7 Å². The number of esters is 1. The van der Waals surface area contributed by atoms with E-state index >= 15 is 0 Å². The summed E-state index contributed by atoms with van der Waals surface area (Å²) in [6.45, 7) is 8.12. The van der Waals surface area contributed by atoms with Crippen molar-refractivity contribution in [2.45, 2.75) is 57.4 Å². The predicted molar refractivity (Wildman–Crippen MR) is 76.9 cm³/mol. The molecule has 0 aromatic rings. The molecule has 0 aliphatic carbocycles. The molecule has 0 amide bonds. The quantitative estimate of drug-likeness (QED) is 0.497. The highest BCUT2D eigenvalue weighted by atomic mass is 32.2. The third kappa shape index (κ3) is 6.61. The van der Waals surface area contributed by atoms with Gasteiger partial charge in [0.15, 0.2) is 0 Å². The highest BCUT2D eigenvalue weighted by molar-refractivity contribution is 7.99. The van der Waals surface area contributed by atoms with Crippen LogP contribution in [0.2, 0.25) is 0 Å². The number of ether oxygens (including phenoxy) is 1. The molecule has 0 spiro atoms. The fourth-order valence-electron chi connectivity index (χ4n) is 1.86. The van der Waals surface area contributed by atoms with Crippen LogP contribution in [-0.4, -0.2) is 47.4 Å². The Hall–Kier alpha value is -0.260. The van der Waals surface area contributed by atoms with Crippen LogP contribution in [0.5, 0.6) is 0 Å². The van der Waals surface area contributed by atoms with E-state index in [1.165, 1.54) is 7.11 Å². The van der Waals surface area contributed by atoms with Gasteiger partial charge in [0, 0.05) is 11.3 Å². The number of aliphatic hydroxyl groups excluding tert-OH is 1. The zero-order valence-electron chi connectivity index (χ0n) is 12.2. The average molecular weight is 277 g/mol. The van der Waals surface area contributed by atoms with Crippen molar-refractivity contribution in [3.05, 3.63) is 0 Å². The number of hydrogen-bond acceptors (Lipinski definition) is 5. The summed E-state index contributed by atoms with van der Waals surface area (Å²) in [7, 11) is 1.42. The molecule has 0 radical (unpaired) electrons. The maximum Gasteiger partial charge on any atom is 0.325 e. The molecule has 0 saturated carbocycles. The highest BCUT2D eigenvalue weighted by Crippen LogP contribution is 2.19. The highest BCUT2D eigenvalue weighted by Gasteiger charge is 2.33. The third-order valence-corrected chi connectivity index (χ3v) is 3.97. The third-order valence-electron chi connectivity index (χ3n) is 2.72. The van der Waals surface area contributed by atoms with E-state index in [0.717, 1.165) is 18.6 Å².